The van der Waals surface area contributed by atoms with Crippen LogP contribution in [-0.2, 0) is 41.8 Å². The summed E-state index contributed by atoms with van der Waals surface area (Å²) in [6.07, 6.45) is 8.36. The lowest BCUT2D eigenvalue weighted by Gasteiger charge is -2.19. The highest BCUT2D eigenvalue weighted by Gasteiger charge is 2.28. The molecule has 1 amide bonds. The lowest BCUT2D eigenvalue weighted by molar-refractivity contribution is -0.113. The summed E-state index contributed by atoms with van der Waals surface area (Å²) in [4.78, 5) is 28.1. The fraction of sp³-hybridized carbons (Fsp3) is 0.538. The maximum Gasteiger partial charge on any atom is 0.341 e. The van der Waals surface area contributed by atoms with E-state index in [9.17, 15) is 9.59 Å². The molecule has 0 fully saturated rings. The number of carbonyl (C=O) groups excluding carboxylic acids is 2. The summed E-state index contributed by atoms with van der Waals surface area (Å²) in [5.74, 6) is 1.31. The van der Waals surface area contributed by atoms with Crippen molar-refractivity contribution >= 4 is 51.3 Å². The van der Waals surface area contributed by atoms with Crippen molar-refractivity contribution in [2.75, 3.05) is 18.2 Å². The fourth-order valence-electron chi connectivity index (χ4n) is 5.15. The number of thioether (sulfide) groups is 1. The second kappa shape index (κ2) is 11.1. The second-order valence-electron chi connectivity index (χ2n) is 9.60. The van der Waals surface area contributed by atoms with Crippen LogP contribution in [0.1, 0.15) is 70.8 Å². The Kier molecular flexibility index (Phi) is 7.83. The summed E-state index contributed by atoms with van der Waals surface area (Å²) in [5, 5.41) is 15.6. The SMILES string of the molecule is CCCn1c(SCC(=O)Nc2sc3c(c2C(=O)OC)CCCC3)nnc1-c1csc2c1CCC(C)C2. The first kappa shape index (κ1) is 25.5. The summed E-state index contributed by atoms with van der Waals surface area (Å²) < 4.78 is 7.18. The number of nitrogens with one attached hydrogen (secondary N) is 1. The van der Waals surface area contributed by atoms with Gasteiger partial charge in [0.2, 0.25) is 5.91 Å². The summed E-state index contributed by atoms with van der Waals surface area (Å²) in [6.45, 7) is 5.27. The molecule has 0 saturated carbocycles. The predicted octanol–water partition coefficient (Wildman–Crippen LogP) is 6.00. The molecule has 0 saturated heterocycles. The number of aromatic nitrogens is 3. The highest BCUT2D eigenvalue weighted by Crippen LogP contribution is 2.40. The standard InChI is InChI=1S/C26H32N4O3S3/c1-4-11-30-23(18-13-34-20-12-15(2)9-10-16(18)20)28-29-26(30)35-14-21(31)27-24-22(25(32)33-3)17-7-5-6-8-19(17)36-24/h13,15H,4-12,14H2,1-3H3,(H,27,31). The number of hydrogen-bond acceptors (Lipinski definition) is 8. The van der Waals surface area contributed by atoms with Gasteiger partial charge in [0.25, 0.3) is 0 Å². The van der Waals surface area contributed by atoms with Gasteiger partial charge >= 0.3 is 5.97 Å². The van der Waals surface area contributed by atoms with E-state index in [0.717, 1.165) is 74.0 Å². The summed E-state index contributed by atoms with van der Waals surface area (Å²) in [7, 11) is 1.39. The minimum absolute atomic E-state index is 0.154. The molecule has 36 heavy (non-hydrogen) atoms. The van der Waals surface area contributed by atoms with Crippen LogP contribution in [0.2, 0.25) is 0 Å². The molecular formula is C26H32N4O3S3. The zero-order valence-electron chi connectivity index (χ0n) is 21.0. The Bertz CT molecular complexity index is 1280. The van der Waals surface area contributed by atoms with Gasteiger partial charge in [-0.05, 0) is 68.4 Å². The first-order valence-corrected chi connectivity index (χ1v) is 15.4. The van der Waals surface area contributed by atoms with Crippen LogP contribution in [-0.4, -0.2) is 39.5 Å². The van der Waals surface area contributed by atoms with Crippen molar-refractivity contribution < 1.29 is 14.3 Å². The lowest BCUT2D eigenvalue weighted by Crippen LogP contribution is -2.17. The van der Waals surface area contributed by atoms with Gasteiger partial charge in [0.1, 0.15) is 5.00 Å². The van der Waals surface area contributed by atoms with Gasteiger partial charge in [-0.1, -0.05) is 25.6 Å². The van der Waals surface area contributed by atoms with E-state index in [1.165, 1.54) is 57.5 Å². The van der Waals surface area contributed by atoms with Crippen molar-refractivity contribution in [2.45, 2.75) is 76.9 Å². The number of methoxy groups -OCH3 is 1. The van der Waals surface area contributed by atoms with E-state index >= 15 is 0 Å². The van der Waals surface area contributed by atoms with Gasteiger partial charge in [-0.15, -0.1) is 32.9 Å². The van der Waals surface area contributed by atoms with Crippen molar-refractivity contribution in [1.82, 2.24) is 14.8 Å². The molecule has 10 heteroatoms. The number of thiophene rings is 2. The molecule has 7 nitrogen and oxygen atoms in total. The largest absolute Gasteiger partial charge is 0.465 e. The molecule has 0 bridgehead atoms. The first-order valence-electron chi connectivity index (χ1n) is 12.7. The summed E-state index contributed by atoms with van der Waals surface area (Å²) in [6, 6.07) is 0. The monoisotopic (exact) mass is 544 g/mol. The number of fused-ring (bicyclic) bond motifs is 2. The molecule has 0 aliphatic heterocycles. The van der Waals surface area contributed by atoms with Crippen LogP contribution in [0.5, 0.6) is 0 Å². The van der Waals surface area contributed by atoms with Crippen molar-refractivity contribution in [3.8, 4) is 11.4 Å². The van der Waals surface area contributed by atoms with Gasteiger partial charge in [0.05, 0.1) is 18.4 Å². The molecule has 0 radical (unpaired) electrons. The Morgan fingerprint density at radius 1 is 1.19 bits per heavy atom. The van der Waals surface area contributed by atoms with Gasteiger partial charge in [0, 0.05) is 27.2 Å². The number of anilines is 1. The molecule has 1 unspecified atom stereocenters. The summed E-state index contributed by atoms with van der Waals surface area (Å²) >= 11 is 4.74. The van der Waals surface area contributed by atoms with Crippen LogP contribution < -0.4 is 5.32 Å². The number of rotatable bonds is 8. The molecule has 2 aliphatic rings. The van der Waals surface area contributed by atoms with E-state index in [2.05, 4.69) is 39.3 Å². The van der Waals surface area contributed by atoms with Gasteiger partial charge < -0.3 is 14.6 Å². The molecule has 0 spiro atoms. The molecule has 0 aromatic carbocycles. The lowest BCUT2D eigenvalue weighted by atomic mass is 9.88. The van der Waals surface area contributed by atoms with Gasteiger partial charge in [0.15, 0.2) is 11.0 Å². The average Bonchev–Trinajstić information content (AvgIpc) is 3.57. The van der Waals surface area contributed by atoms with E-state index in [0.29, 0.717) is 10.6 Å². The van der Waals surface area contributed by atoms with E-state index in [-0.39, 0.29) is 17.6 Å². The predicted molar refractivity (Wildman–Crippen MR) is 146 cm³/mol. The Labute approximate surface area is 224 Å². The van der Waals surface area contributed by atoms with Crippen molar-refractivity contribution in [3.05, 3.63) is 31.8 Å². The van der Waals surface area contributed by atoms with Crippen LogP contribution >= 0.6 is 34.4 Å². The van der Waals surface area contributed by atoms with Crippen LogP contribution in [0, 0.1) is 5.92 Å². The van der Waals surface area contributed by atoms with E-state index in [1.807, 2.05) is 11.3 Å². The second-order valence-corrected chi connectivity index (χ2v) is 12.6. The number of esters is 1. The third-order valence-electron chi connectivity index (χ3n) is 6.95. The Balaban J connectivity index is 1.32. The highest BCUT2D eigenvalue weighted by atomic mass is 32.2. The normalized spacial score (nSPS) is 16.9. The molecule has 3 heterocycles. The minimum atomic E-state index is -0.377. The van der Waals surface area contributed by atoms with Crippen LogP contribution in [0.3, 0.4) is 0 Å². The summed E-state index contributed by atoms with van der Waals surface area (Å²) in [5.41, 5.74) is 4.20. The van der Waals surface area contributed by atoms with Gasteiger partial charge in [-0.3, -0.25) is 4.79 Å². The topological polar surface area (TPSA) is 86.1 Å². The third kappa shape index (κ3) is 4.99. The molecule has 1 atom stereocenters. The average molecular weight is 545 g/mol. The highest BCUT2D eigenvalue weighted by molar-refractivity contribution is 7.99. The van der Waals surface area contributed by atoms with Crippen LogP contribution in [0.4, 0.5) is 5.00 Å². The van der Waals surface area contributed by atoms with Crippen molar-refractivity contribution in [2.24, 2.45) is 5.92 Å². The fourth-order valence-corrected chi connectivity index (χ4v) is 8.45. The maximum absolute atomic E-state index is 13.0. The number of carbonyl (C=O) groups is 2. The Morgan fingerprint density at radius 2 is 2.03 bits per heavy atom. The number of amides is 1. The van der Waals surface area contributed by atoms with Crippen molar-refractivity contribution in [1.29, 1.82) is 0 Å². The van der Waals surface area contributed by atoms with Crippen molar-refractivity contribution in [3.63, 3.8) is 0 Å². The van der Waals surface area contributed by atoms with Crippen LogP contribution in [0.15, 0.2) is 10.5 Å². The minimum Gasteiger partial charge on any atom is -0.465 e. The molecule has 192 valence electrons. The molecule has 3 aromatic rings. The molecule has 5 rings (SSSR count). The zero-order valence-corrected chi connectivity index (χ0v) is 23.5. The molecular weight excluding hydrogens is 513 g/mol. The number of aryl methyl sites for hydroxylation is 1. The van der Waals surface area contributed by atoms with Gasteiger partial charge in [-0.25, -0.2) is 4.79 Å². The quantitative estimate of drug-likeness (QED) is 0.277. The van der Waals surface area contributed by atoms with E-state index in [1.54, 1.807) is 0 Å². The Hall–Kier alpha value is -2.17. The smallest absolute Gasteiger partial charge is 0.341 e. The number of hydrogen-bond donors (Lipinski definition) is 1. The first-order chi connectivity index (χ1) is 17.5. The van der Waals surface area contributed by atoms with E-state index < -0.39 is 0 Å². The number of nitrogens with zero attached hydrogens (tertiary/aromatic N) is 3. The third-order valence-corrected chi connectivity index (χ3v) is 10.2. The maximum atomic E-state index is 13.0. The Morgan fingerprint density at radius 3 is 2.83 bits per heavy atom. The molecule has 2 aliphatic carbocycles. The number of ether oxygens (including phenoxy) is 1. The van der Waals surface area contributed by atoms with E-state index in [4.69, 9.17) is 4.74 Å². The molecule has 1 N–H and O–H groups in total. The van der Waals surface area contributed by atoms with Crippen LogP contribution in [0.25, 0.3) is 11.4 Å². The molecule has 3 aromatic heterocycles. The van der Waals surface area contributed by atoms with Gasteiger partial charge in [-0.2, -0.15) is 0 Å². The zero-order chi connectivity index (χ0) is 25.2.